The van der Waals surface area contributed by atoms with E-state index in [0.29, 0.717) is 18.1 Å². The van der Waals surface area contributed by atoms with Crippen molar-refractivity contribution < 1.29 is 9.59 Å². The lowest BCUT2D eigenvalue weighted by molar-refractivity contribution is -0.119. The maximum Gasteiger partial charge on any atom is 0.321 e. The summed E-state index contributed by atoms with van der Waals surface area (Å²) in [6.07, 6.45) is 0.713. The summed E-state index contributed by atoms with van der Waals surface area (Å²) < 4.78 is 0. The standard InChI is InChI=1S/C22H24N4O2S/c1-3-23-21(28)26-20(27)19(17-12-8-5-9-13-17)29-22-24-15(2)18(25-22)14-16-10-6-4-7-11-16/h4-13,19H,3,14H2,1-2H3,(H,24,25)(H2,23,26,27,28)/t19-/m1/s1. The predicted molar refractivity (Wildman–Crippen MR) is 115 cm³/mol. The van der Waals surface area contributed by atoms with E-state index in [4.69, 9.17) is 4.98 Å². The number of urea groups is 1. The summed E-state index contributed by atoms with van der Waals surface area (Å²) in [5.74, 6) is -0.384. The molecule has 1 heterocycles. The van der Waals surface area contributed by atoms with Gasteiger partial charge in [-0.05, 0) is 25.0 Å². The van der Waals surface area contributed by atoms with Gasteiger partial charge in [0.2, 0.25) is 5.91 Å². The monoisotopic (exact) mass is 408 g/mol. The molecule has 0 aliphatic rings. The topological polar surface area (TPSA) is 86.9 Å². The molecule has 0 fully saturated rings. The second-order valence-electron chi connectivity index (χ2n) is 6.53. The Kier molecular flexibility index (Phi) is 7.08. The van der Waals surface area contributed by atoms with Crippen LogP contribution in [0.5, 0.6) is 0 Å². The first-order chi connectivity index (χ1) is 14.1. The van der Waals surface area contributed by atoms with Crippen molar-refractivity contribution in [2.45, 2.75) is 30.7 Å². The largest absolute Gasteiger partial charge is 0.338 e. The van der Waals surface area contributed by atoms with Crippen LogP contribution in [0.2, 0.25) is 0 Å². The molecule has 0 saturated heterocycles. The molecule has 7 heteroatoms. The van der Waals surface area contributed by atoms with Gasteiger partial charge < -0.3 is 10.3 Å². The van der Waals surface area contributed by atoms with Crippen LogP contribution in [0.4, 0.5) is 4.79 Å². The van der Waals surface area contributed by atoms with Crippen molar-refractivity contribution in [3.63, 3.8) is 0 Å². The Labute approximate surface area is 174 Å². The van der Waals surface area contributed by atoms with Gasteiger partial charge in [0, 0.05) is 18.7 Å². The minimum absolute atomic E-state index is 0.384. The third-order valence-corrected chi connectivity index (χ3v) is 5.46. The highest BCUT2D eigenvalue weighted by molar-refractivity contribution is 8.00. The van der Waals surface area contributed by atoms with E-state index in [-0.39, 0.29) is 5.91 Å². The fourth-order valence-electron chi connectivity index (χ4n) is 2.88. The maximum absolute atomic E-state index is 12.8. The van der Waals surface area contributed by atoms with Gasteiger partial charge in [0.25, 0.3) is 0 Å². The second-order valence-corrected chi connectivity index (χ2v) is 7.63. The molecule has 1 aromatic heterocycles. The highest BCUT2D eigenvalue weighted by Gasteiger charge is 2.25. The first-order valence-corrected chi connectivity index (χ1v) is 10.3. The number of hydrogen-bond acceptors (Lipinski definition) is 4. The molecule has 0 saturated carbocycles. The Morgan fingerprint density at radius 1 is 1.07 bits per heavy atom. The normalized spacial score (nSPS) is 11.7. The van der Waals surface area contributed by atoms with Crippen LogP contribution in [0.3, 0.4) is 0 Å². The number of imidazole rings is 1. The number of imide groups is 1. The molecule has 0 radical (unpaired) electrons. The lowest BCUT2D eigenvalue weighted by Crippen LogP contribution is -2.41. The summed E-state index contributed by atoms with van der Waals surface area (Å²) in [6, 6.07) is 19.0. The van der Waals surface area contributed by atoms with Crippen molar-refractivity contribution in [2.24, 2.45) is 0 Å². The smallest absolute Gasteiger partial charge is 0.321 e. The van der Waals surface area contributed by atoms with Crippen molar-refractivity contribution in [3.8, 4) is 0 Å². The molecule has 0 spiro atoms. The lowest BCUT2D eigenvalue weighted by atomic mass is 10.1. The zero-order chi connectivity index (χ0) is 20.6. The Morgan fingerprint density at radius 3 is 2.38 bits per heavy atom. The summed E-state index contributed by atoms with van der Waals surface area (Å²) in [5.41, 5.74) is 3.88. The second kappa shape index (κ2) is 9.93. The van der Waals surface area contributed by atoms with Gasteiger partial charge in [-0.3, -0.25) is 10.1 Å². The van der Waals surface area contributed by atoms with Gasteiger partial charge >= 0.3 is 6.03 Å². The van der Waals surface area contributed by atoms with Gasteiger partial charge in [-0.15, -0.1) is 0 Å². The van der Waals surface area contributed by atoms with Gasteiger partial charge in [-0.1, -0.05) is 72.4 Å². The number of hydrogen-bond donors (Lipinski definition) is 3. The van der Waals surface area contributed by atoms with Gasteiger partial charge in [0.15, 0.2) is 5.16 Å². The first kappa shape index (κ1) is 20.7. The number of thioether (sulfide) groups is 1. The van der Waals surface area contributed by atoms with Crippen LogP contribution in [0.15, 0.2) is 65.8 Å². The van der Waals surface area contributed by atoms with E-state index < -0.39 is 11.3 Å². The average molecular weight is 409 g/mol. The van der Waals surface area contributed by atoms with Gasteiger partial charge in [0.1, 0.15) is 5.25 Å². The number of carbonyl (C=O) groups is 2. The summed E-state index contributed by atoms with van der Waals surface area (Å²) in [4.78, 5) is 32.6. The van der Waals surface area contributed by atoms with Gasteiger partial charge in [-0.25, -0.2) is 9.78 Å². The third-order valence-electron chi connectivity index (χ3n) is 4.32. The van der Waals surface area contributed by atoms with Crippen molar-refractivity contribution in [1.29, 1.82) is 0 Å². The number of benzene rings is 2. The van der Waals surface area contributed by atoms with E-state index in [9.17, 15) is 9.59 Å². The minimum atomic E-state index is -0.603. The van der Waals surface area contributed by atoms with E-state index in [1.54, 1.807) is 6.92 Å². The molecule has 29 heavy (non-hydrogen) atoms. The highest BCUT2D eigenvalue weighted by atomic mass is 32.2. The van der Waals surface area contributed by atoms with E-state index in [0.717, 1.165) is 17.0 Å². The van der Waals surface area contributed by atoms with E-state index in [1.807, 2.05) is 55.5 Å². The number of aryl methyl sites for hydroxylation is 1. The van der Waals surface area contributed by atoms with Crippen molar-refractivity contribution in [2.75, 3.05) is 6.54 Å². The third kappa shape index (κ3) is 5.71. The Bertz CT molecular complexity index is 957. The van der Waals surface area contributed by atoms with Crippen LogP contribution in [-0.2, 0) is 11.2 Å². The molecular formula is C22H24N4O2S. The molecule has 6 nitrogen and oxygen atoms in total. The Balaban J connectivity index is 1.80. The molecule has 150 valence electrons. The molecule has 0 aliphatic heterocycles. The van der Waals surface area contributed by atoms with E-state index >= 15 is 0 Å². The molecule has 3 rings (SSSR count). The van der Waals surface area contributed by atoms with Crippen molar-refractivity contribution in [3.05, 3.63) is 83.2 Å². The summed E-state index contributed by atoms with van der Waals surface area (Å²) in [5, 5.41) is 5.04. The molecule has 2 aromatic carbocycles. The summed E-state index contributed by atoms with van der Waals surface area (Å²) >= 11 is 1.30. The van der Waals surface area contributed by atoms with Crippen LogP contribution < -0.4 is 10.6 Å². The predicted octanol–water partition coefficient (Wildman–Crippen LogP) is 3.99. The number of nitrogens with one attached hydrogen (secondary N) is 3. The molecule has 0 bridgehead atoms. The highest BCUT2D eigenvalue weighted by Crippen LogP contribution is 2.34. The average Bonchev–Trinajstić information content (AvgIpc) is 3.06. The molecule has 0 aliphatic carbocycles. The molecule has 3 aromatic rings. The van der Waals surface area contributed by atoms with Crippen molar-refractivity contribution >= 4 is 23.7 Å². The maximum atomic E-state index is 12.8. The molecule has 1 atom stereocenters. The van der Waals surface area contributed by atoms with Crippen LogP contribution >= 0.6 is 11.8 Å². The lowest BCUT2D eigenvalue weighted by Gasteiger charge is -2.15. The zero-order valence-corrected chi connectivity index (χ0v) is 17.3. The minimum Gasteiger partial charge on any atom is -0.338 e. The number of nitrogens with zero attached hydrogens (tertiary/aromatic N) is 1. The van der Waals surface area contributed by atoms with Gasteiger partial charge in [0.05, 0.1) is 5.69 Å². The molecular weight excluding hydrogens is 384 g/mol. The SMILES string of the molecule is CCNC(=O)NC(=O)[C@H](Sc1nc(Cc2ccccc2)c(C)[nH]1)c1ccccc1. The van der Waals surface area contributed by atoms with Crippen molar-refractivity contribution in [1.82, 2.24) is 20.6 Å². The number of aromatic amines is 1. The van der Waals surface area contributed by atoms with E-state index in [1.165, 1.54) is 17.3 Å². The Morgan fingerprint density at radius 2 is 1.72 bits per heavy atom. The summed E-state index contributed by atoms with van der Waals surface area (Å²) in [6.45, 7) is 4.22. The molecule has 3 N–H and O–H groups in total. The fourth-order valence-corrected chi connectivity index (χ4v) is 3.94. The van der Waals surface area contributed by atoms with Crippen LogP contribution in [0, 0.1) is 6.92 Å². The number of rotatable bonds is 7. The quantitative estimate of drug-likeness (QED) is 0.516. The number of amides is 3. The molecule has 0 unspecified atom stereocenters. The van der Waals surface area contributed by atoms with Crippen LogP contribution in [0.25, 0.3) is 0 Å². The van der Waals surface area contributed by atoms with Crippen LogP contribution in [-0.4, -0.2) is 28.5 Å². The fraction of sp³-hybridized carbons (Fsp3) is 0.227. The Hall–Kier alpha value is -3.06. The molecule has 3 amide bonds. The summed E-state index contributed by atoms with van der Waals surface area (Å²) in [7, 11) is 0. The number of aromatic nitrogens is 2. The van der Waals surface area contributed by atoms with Crippen LogP contribution in [0.1, 0.15) is 34.7 Å². The first-order valence-electron chi connectivity index (χ1n) is 9.46. The zero-order valence-electron chi connectivity index (χ0n) is 16.4. The van der Waals surface area contributed by atoms with E-state index in [2.05, 4.69) is 27.8 Å². The number of carbonyl (C=O) groups excluding carboxylic acids is 2. The number of H-pyrrole nitrogens is 1. The van der Waals surface area contributed by atoms with Gasteiger partial charge in [-0.2, -0.15) is 0 Å².